The molecule has 3 N–H and O–H groups in total. The van der Waals surface area contributed by atoms with E-state index in [9.17, 15) is 14.9 Å². The number of methoxy groups -OCH3 is 3. The van der Waals surface area contributed by atoms with Crippen LogP contribution < -0.4 is 25.3 Å². The number of dihydropyridines is 1. The molecule has 1 amide bonds. The van der Waals surface area contributed by atoms with Gasteiger partial charge in [-0.15, -0.1) is 0 Å². The van der Waals surface area contributed by atoms with Crippen LogP contribution in [0.15, 0.2) is 34.0 Å². The third-order valence-corrected chi connectivity index (χ3v) is 5.63. The molecule has 172 valence electrons. The van der Waals surface area contributed by atoms with Gasteiger partial charge in [0.2, 0.25) is 11.7 Å². The van der Waals surface area contributed by atoms with E-state index in [0.717, 1.165) is 11.8 Å². The molecule has 1 aliphatic rings. The minimum absolute atomic E-state index is 0.0332. The fourth-order valence-electron chi connectivity index (χ4n) is 3.32. The first-order valence-electron chi connectivity index (χ1n) is 9.72. The summed E-state index contributed by atoms with van der Waals surface area (Å²) in [4.78, 5) is 24.4. The summed E-state index contributed by atoms with van der Waals surface area (Å²) in [7, 11) is 4.45. The van der Waals surface area contributed by atoms with E-state index in [1.54, 1.807) is 32.9 Å². The highest BCUT2D eigenvalue weighted by Crippen LogP contribution is 2.46. The molecule has 32 heavy (non-hydrogen) atoms. The quantitative estimate of drug-likeness (QED) is 0.532. The molecule has 0 spiro atoms. The number of nitrogens with two attached hydrogens (primary N) is 1. The second kappa shape index (κ2) is 10.8. The van der Waals surface area contributed by atoms with Gasteiger partial charge >= 0.3 is 5.97 Å². The van der Waals surface area contributed by atoms with Crippen molar-refractivity contribution in [3.05, 3.63) is 39.6 Å². The molecular weight excluding hydrogens is 434 g/mol. The predicted octanol–water partition coefficient (Wildman–Crippen LogP) is 2.58. The normalized spacial score (nSPS) is 15.8. The van der Waals surface area contributed by atoms with Crippen molar-refractivity contribution in [3.63, 3.8) is 0 Å². The summed E-state index contributed by atoms with van der Waals surface area (Å²) in [6, 6.07) is 5.54. The Balaban J connectivity index is 2.77. The van der Waals surface area contributed by atoms with Gasteiger partial charge in [0.25, 0.3) is 0 Å². The maximum Gasteiger partial charge on any atom is 0.337 e. The lowest BCUT2D eigenvalue weighted by atomic mass is 9.82. The number of nitrogens with one attached hydrogen (secondary N) is 1. The number of carbonyl (C=O) groups is 2. The molecular formula is C22H27N3O6S. The molecule has 0 bridgehead atoms. The predicted molar refractivity (Wildman–Crippen MR) is 120 cm³/mol. The SMILES string of the molecule is COc1cc(C2C(C#N)=C(SCC(N)=O)NC(C)=C2C(=O)OC(C)C)cc(OC)c1OC. The lowest BCUT2D eigenvalue weighted by Crippen LogP contribution is -2.30. The molecule has 0 aliphatic carbocycles. The number of thioether (sulfide) groups is 1. The Morgan fingerprint density at radius 3 is 2.22 bits per heavy atom. The average molecular weight is 462 g/mol. The standard InChI is InChI=1S/C22H27N3O6S/c1-11(2)31-22(27)18-12(3)25-21(32-10-17(24)26)14(9-23)19(18)13-7-15(28-4)20(30-6)16(8-13)29-5/h7-8,11,19,25H,10H2,1-6H3,(H2,24,26). The number of benzene rings is 1. The van der Waals surface area contributed by atoms with Gasteiger partial charge < -0.3 is 30.0 Å². The first-order valence-corrected chi connectivity index (χ1v) is 10.7. The maximum absolute atomic E-state index is 13.0. The van der Waals surface area contributed by atoms with Crippen molar-refractivity contribution in [1.29, 1.82) is 5.26 Å². The van der Waals surface area contributed by atoms with E-state index in [4.69, 9.17) is 24.7 Å². The van der Waals surface area contributed by atoms with Crippen LogP contribution in [0.4, 0.5) is 0 Å². The Kier molecular flexibility index (Phi) is 8.43. The lowest BCUT2D eigenvalue weighted by molar-refractivity contribution is -0.143. The van der Waals surface area contributed by atoms with E-state index in [0.29, 0.717) is 33.5 Å². The van der Waals surface area contributed by atoms with Crippen LogP contribution in [-0.4, -0.2) is 45.1 Å². The van der Waals surface area contributed by atoms with Crippen LogP contribution >= 0.6 is 11.8 Å². The van der Waals surface area contributed by atoms with Crippen LogP contribution in [0, 0.1) is 11.3 Å². The van der Waals surface area contributed by atoms with Gasteiger partial charge in [0, 0.05) is 5.70 Å². The Morgan fingerprint density at radius 2 is 1.78 bits per heavy atom. The highest BCUT2D eigenvalue weighted by atomic mass is 32.2. The Morgan fingerprint density at radius 1 is 1.19 bits per heavy atom. The lowest BCUT2D eigenvalue weighted by Gasteiger charge is -2.30. The maximum atomic E-state index is 13.0. The molecule has 0 radical (unpaired) electrons. The molecule has 2 rings (SSSR count). The molecule has 0 fully saturated rings. The highest BCUT2D eigenvalue weighted by molar-refractivity contribution is 8.03. The smallest absolute Gasteiger partial charge is 0.337 e. The van der Waals surface area contributed by atoms with Crippen molar-refractivity contribution in [2.24, 2.45) is 5.73 Å². The first-order chi connectivity index (χ1) is 15.2. The van der Waals surface area contributed by atoms with Crippen molar-refractivity contribution in [2.45, 2.75) is 32.8 Å². The number of primary amides is 1. The molecule has 1 heterocycles. The molecule has 1 unspecified atom stereocenters. The van der Waals surface area contributed by atoms with Crippen LogP contribution in [0.1, 0.15) is 32.3 Å². The van der Waals surface area contributed by atoms with E-state index in [2.05, 4.69) is 11.4 Å². The number of allylic oxidation sites excluding steroid dienone is 2. The fraction of sp³-hybridized carbons (Fsp3) is 0.409. The van der Waals surface area contributed by atoms with Gasteiger partial charge in [0.1, 0.15) is 0 Å². The summed E-state index contributed by atoms with van der Waals surface area (Å²) in [5.74, 6) is -0.791. The monoisotopic (exact) mass is 461 g/mol. The molecule has 0 aromatic heterocycles. The number of amides is 1. The summed E-state index contributed by atoms with van der Waals surface area (Å²) in [6.45, 7) is 5.20. The molecule has 0 saturated heterocycles. The zero-order chi connectivity index (χ0) is 24.0. The van der Waals surface area contributed by atoms with E-state index in [1.165, 1.54) is 21.3 Å². The van der Waals surface area contributed by atoms with E-state index < -0.39 is 17.8 Å². The van der Waals surface area contributed by atoms with E-state index in [1.807, 2.05) is 0 Å². The number of nitrogens with zero attached hydrogens (tertiary/aromatic N) is 1. The molecule has 9 nitrogen and oxygen atoms in total. The molecule has 1 aromatic rings. The topological polar surface area (TPSA) is 133 Å². The molecule has 1 atom stereocenters. The number of carbonyl (C=O) groups excluding carboxylic acids is 2. The van der Waals surface area contributed by atoms with Gasteiger partial charge in [-0.05, 0) is 38.5 Å². The Hall–Kier alpha value is -3.32. The molecule has 1 aliphatic heterocycles. The number of esters is 1. The molecule has 0 saturated carbocycles. The fourth-order valence-corrected chi connectivity index (χ4v) is 4.15. The van der Waals surface area contributed by atoms with Crippen LogP contribution in [0.5, 0.6) is 17.2 Å². The van der Waals surface area contributed by atoms with Crippen LogP contribution in [0.2, 0.25) is 0 Å². The minimum Gasteiger partial charge on any atom is -0.493 e. The number of nitriles is 1. The minimum atomic E-state index is -0.795. The Bertz CT molecular complexity index is 984. The van der Waals surface area contributed by atoms with E-state index >= 15 is 0 Å². The van der Waals surface area contributed by atoms with Gasteiger partial charge in [-0.3, -0.25) is 4.79 Å². The highest BCUT2D eigenvalue weighted by Gasteiger charge is 2.37. The van der Waals surface area contributed by atoms with Gasteiger partial charge in [-0.2, -0.15) is 5.26 Å². The first kappa shape index (κ1) is 24.9. The number of rotatable bonds is 9. The number of hydrogen-bond acceptors (Lipinski definition) is 9. The van der Waals surface area contributed by atoms with Gasteiger partial charge in [0.15, 0.2) is 11.5 Å². The number of hydrogen-bond donors (Lipinski definition) is 2. The zero-order valence-corrected chi connectivity index (χ0v) is 19.7. The summed E-state index contributed by atoms with van der Waals surface area (Å²) in [6.07, 6.45) is -0.358. The van der Waals surface area contributed by atoms with Crippen LogP contribution in [0.25, 0.3) is 0 Å². The van der Waals surface area contributed by atoms with Crippen LogP contribution in [-0.2, 0) is 14.3 Å². The summed E-state index contributed by atoms with van der Waals surface area (Å²) in [5.41, 5.74) is 6.86. The summed E-state index contributed by atoms with van der Waals surface area (Å²) in [5, 5.41) is 13.5. The third kappa shape index (κ3) is 5.29. The van der Waals surface area contributed by atoms with E-state index in [-0.39, 0.29) is 23.0 Å². The number of ether oxygens (including phenoxy) is 4. The largest absolute Gasteiger partial charge is 0.493 e. The second-order valence-electron chi connectivity index (χ2n) is 7.12. The van der Waals surface area contributed by atoms with Gasteiger partial charge in [-0.25, -0.2) is 4.79 Å². The van der Waals surface area contributed by atoms with Crippen molar-refractivity contribution >= 4 is 23.6 Å². The van der Waals surface area contributed by atoms with Crippen molar-refractivity contribution in [1.82, 2.24) is 5.32 Å². The average Bonchev–Trinajstić information content (AvgIpc) is 2.75. The summed E-state index contributed by atoms with van der Waals surface area (Å²) < 4.78 is 21.8. The van der Waals surface area contributed by atoms with Gasteiger partial charge in [-0.1, -0.05) is 11.8 Å². The molecule has 1 aromatic carbocycles. The van der Waals surface area contributed by atoms with Crippen molar-refractivity contribution in [3.8, 4) is 23.3 Å². The second-order valence-corrected chi connectivity index (χ2v) is 8.10. The van der Waals surface area contributed by atoms with Crippen molar-refractivity contribution < 1.29 is 28.5 Å². The third-order valence-electron chi connectivity index (χ3n) is 4.59. The Labute approximate surface area is 191 Å². The van der Waals surface area contributed by atoms with Gasteiger partial charge in [0.05, 0.1) is 61.3 Å². The van der Waals surface area contributed by atoms with Crippen molar-refractivity contribution in [2.75, 3.05) is 27.1 Å². The zero-order valence-electron chi connectivity index (χ0n) is 18.9. The summed E-state index contributed by atoms with van der Waals surface area (Å²) >= 11 is 1.09. The van der Waals surface area contributed by atoms with Crippen LogP contribution in [0.3, 0.4) is 0 Å². The molecule has 10 heteroatoms.